The van der Waals surface area contributed by atoms with E-state index in [2.05, 4.69) is 24.3 Å². The van der Waals surface area contributed by atoms with E-state index in [1.54, 1.807) is 27.8 Å². The van der Waals surface area contributed by atoms with Gasteiger partial charge in [-0.25, -0.2) is 9.07 Å². The Morgan fingerprint density at radius 2 is 1.66 bits per heavy atom. The Hall–Kier alpha value is -3.48. The van der Waals surface area contributed by atoms with Crippen LogP contribution >= 0.6 is 0 Å². The number of anilines is 1. The van der Waals surface area contributed by atoms with Crippen molar-refractivity contribution >= 4 is 17.6 Å². The fourth-order valence-corrected chi connectivity index (χ4v) is 3.86. The number of rotatable bonds is 13. The van der Waals surface area contributed by atoms with E-state index in [4.69, 9.17) is 0 Å². The lowest BCUT2D eigenvalue weighted by atomic mass is 10.1. The molecule has 0 aliphatic carbocycles. The molecule has 0 saturated carbocycles. The average molecular weight is 479 g/mol. The van der Waals surface area contributed by atoms with Crippen LogP contribution in [0.2, 0.25) is 0 Å². The highest BCUT2D eigenvalue weighted by molar-refractivity contribution is 5.94. The minimum absolute atomic E-state index is 0.0120. The van der Waals surface area contributed by atoms with Gasteiger partial charge in [0, 0.05) is 24.6 Å². The van der Waals surface area contributed by atoms with Crippen LogP contribution in [0.4, 0.5) is 10.2 Å². The third-order valence-electron chi connectivity index (χ3n) is 5.83. The summed E-state index contributed by atoms with van der Waals surface area (Å²) in [6, 6.07) is 17.4. The lowest BCUT2D eigenvalue weighted by molar-refractivity contribution is -0.134. The van der Waals surface area contributed by atoms with Gasteiger partial charge in [0.15, 0.2) is 0 Å². The van der Waals surface area contributed by atoms with Crippen LogP contribution in [0.3, 0.4) is 0 Å². The molecular weight excluding hydrogens is 443 g/mol. The highest BCUT2D eigenvalue weighted by Crippen LogP contribution is 2.25. The lowest BCUT2D eigenvalue weighted by Crippen LogP contribution is -2.38. The van der Waals surface area contributed by atoms with Gasteiger partial charge in [0.2, 0.25) is 11.8 Å². The first-order chi connectivity index (χ1) is 17.0. The van der Waals surface area contributed by atoms with Crippen molar-refractivity contribution < 1.29 is 14.0 Å². The van der Waals surface area contributed by atoms with Gasteiger partial charge >= 0.3 is 0 Å². The van der Waals surface area contributed by atoms with E-state index in [-0.39, 0.29) is 24.2 Å². The number of aromatic nitrogens is 2. The van der Waals surface area contributed by atoms with Crippen molar-refractivity contribution in [2.45, 2.75) is 58.8 Å². The number of carbonyl (C=O) groups is 2. The van der Waals surface area contributed by atoms with Crippen molar-refractivity contribution in [3.8, 4) is 16.9 Å². The van der Waals surface area contributed by atoms with Crippen LogP contribution in [0, 0.1) is 5.82 Å². The lowest BCUT2D eigenvalue weighted by Gasteiger charge is -2.22. The number of nitrogens with zero attached hydrogens (tertiary/aromatic N) is 3. The number of nitrogens with one attached hydrogen (secondary N) is 1. The Morgan fingerprint density at radius 1 is 0.943 bits per heavy atom. The fourth-order valence-electron chi connectivity index (χ4n) is 3.86. The van der Waals surface area contributed by atoms with Gasteiger partial charge < -0.3 is 10.2 Å². The summed E-state index contributed by atoms with van der Waals surface area (Å²) in [5, 5.41) is 7.58. The molecule has 0 aliphatic rings. The number of hydrogen-bond acceptors (Lipinski definition) is 3. The quantitative estimate of drug-likeness (QED) is 0.297. The zero-order valence-corrected chi connectivity index (χ0v) is 20.7. The molecular formula is C28H35FN4O2. The number of hydrogen-bond donors (Lipinski definition) is 1. The summed E-state index contributed by atoms with van der Waals surface area (Å²) in [5.74, 6) is -0.155. The van der Waals surface area contributed by atoms with E-state index in [1.807, 2.05) is 30.3 Å². The standard InChI is InChI=1S/C28H35FN4O2/c1-3-5-7-11-14-28(35)32(19-6-4-2)21-27(34)30-26-20-25(22-12-9-8-10-13-22)31-33(26)24-17-15-23(29)16-18-24/h8-10,12-13,15-18,20H,3-7,11,14,19,21H2,1-2H3,(H,30,34). The van der Waals surface area contributed by atoms with E-state index in [0.29, 0.717) is 30.2 Å². The van der Waals surface area contributed by atoms with Gasteiger partial charge in [0.05, 0.1) is 17.9 Å². The molecule has 1 N–H and O–H groups in total. The van der Waals surface area contributed by atoms with Gasteiger partial charge in [-0.1, -0.05) is 69.9 Å². The Morgan fingerprint density at radius 3 is 2.34 bits per heavy atom. The largest absolute Gasteiger partial charge is 0.333 e. The molecule has 0 unspecified atom stereocenters. The molecule has 0 spiro atoms. The third-order valence-corrected chi connectivity index (χ3v) is 5.83. The summed E-state index contributed by atoms with van der Waals surface area (Å²) < 4.78 is 15.1. The van der Waals surface area contributed by atoms with Crippen molar-refractivity contribution in [3.05, 3.63) is 66.5 Å². The van der Waals surface area contributed by atoms with Gasteiger partial charge in [0.1, 0.15) is 11.6 Å². The summed E-state index contributed by atoms with van der Waals surface area (Å²) in [6.07, 6.45) is 6.34. The van der Waals surface area contributed by atoms with E-state index in [9.17, 15) is 14.0 Å². The normalized spacial score (nSPS) is 10.8. The maximum absolute atomic E-state index is 13.5. The van der Waals surface area contributed by atoms with Crippen molar-refractivity contribution in [1.82, 2.24) is 14.7 Å². The van der Waals surface area contributed by atoms with Crippen LogP contribution in [0.25, 0.3) is 16.9 Å². The van der Waals surface area contributed by atoms with Crippen LogP contribution in [0.5, 0.6) is 0 Å². The van der Waals surface area contributed by atoms with Crippen molar-refractivity contribution in [1.29, 1.82) is 0 Å². The predicted octanol–water partition coefficient (Wildman–Crippen LogP) is 6.22. The minimum Gasteiger partial charge on any atom is -0.333 e. The Bertz CT molecular complexity index is 1080. The molecule has 0 aliphatic heterocycles. The van der Waals surface area contributed by atoms with Crippen LogP contribution in [-0.4, -0.2) is 39.6 Å². The molecule has 0 saturated heterocycles. The first kappa shape index (κ1) is 26.1. The number of unbranched alkanes of at least 4 members (excludes halogenated alkanes) is 4. The molecule has 0 radical (unpaired) electrons. The summed E-state index contributed by atoms with van der Waals surface area (Å²) in [4.78, 5) is 27.5. The molecule has 2 amide bonds. The van der Waals surface area contributed by atoms with Gasteiger partial charge in [-0.3, -0.25) is 9.59 Å². The van der Waals surface area contributed by atoms with E-state index < -0.39 is 0 Å². The molecule has 35 heavy (non-hydrogen) atoms. The highest BCUT2D eigenvalue weighted by atomic mass is 19.1. The van der Waals surface area contributed by atoms with Crippen LogP contribution in [-0.2, 0) is 9.59 Å². The second-order valence-corrected chi connectivity index (χ2v) is 8.70. The minimum atomic E-state index is -0.348. The second kappa shape index (κ2) is 13.4. The molecule has 1 aromatic heterocycles. The zero-order valence-electron chi connectivity index (χ0n) is 20.7. The molecule has 0 atom stereocenters. The SMILES string of the molecule is CCCCCCC(=O)N(CCCC)CC(=O)Nc1cc(-c2ccccc2)nn1-c1ccc(F)cc1. The van der Waals surface area contributed by atoms with E-state index >= 15 is 0 Å². The zero-order chi connectivity index (χ0) is 25.0. The Labute approximate surface area is 207 Å². The molecule has 186 valence electrons. The number of halogens is 1. The van der Waals surface area contributed by atoms with Gasteiger partial charge in [-0.2, -0.15) is 5.10 Å². The van der Waals surface area contributed by atoms with E-state index in [0.717, 1.165) is 44.1 Å². The second-order valence-electron chi connectivity index (χ2n) is 8.70. The third kappa shape index (κ3) is 7.77. The van der Waals surface area contributed by atoms with Gasteiger partial charge in [-0.05, 0) is 37.1 Å². The summed E-state index contributed by atoms with van der Waals surface area (Å²) in [7, 11) is 0. The van der Waals surface area contributed by atoms with E-state index in [1.165, 1.54) is 12.1 Å². The maximum atomic E-state index is 13.5. The van der Waals surface area contributed by atoms with Gasteiger partial charge in [-0.15, -0.1) is 0 Å². The smallest absolute Gasteiger partial charge is 0.245 e. The summed E-state index contributed by atoms with van der Waals surface area (Å²) in [5.41, 5.74) is 2.20. The summed E-state index contributed by atoms with van der Waals surface area (Å²) in [6.45, 7) is 4.75. The average Bonchev–Trinajstić information content (AvgIpc) is 3.28. The summed E-state index contributed by atoms with van der Waals surface area (Å²) >= 11 is 0. The molecule has 6 nitrogen and oxygen atoms in total. The first-order valence-electron chi connectivity index (χ1n) is 12.5. The molecule has 0 bridgehead atoms. The molecule has 3 rings (SSSR count). The van der Waals surface area contributed by atoms with Gasteiger partial charge in [0.25, 0.3) is 0 Å². The number of amides is 2. The molecule has 1 heterocycles. The fraction of sp³-hybridized carbons (Fsp3) is 0.393. The van der Waals surface area contributed by atoms with Crippen molar-refractivity contribution in [2.24, 2.45) is 0 Å². The number of benzene rings is 2. The number of carbonyl (C=O) groups excluding carboxylic acids is 2. The topological polar surface area (TPSA) is 67.2 Å². The Balaban J connectivity index is 1.78. The van der Waals surface area contributed by atoms with Crippen molar-refractivity contribution in [3.63, 3.8) is 0 Å². The molecule has 7 heteroatoms. The molecule has 2 aromatic carbocycles. The predicted molar refractivity (Wildman–Crippen MR) is 138 cm³/mol. The molecule has 3 aromatic rings. The van der Waals surface area contributed by atoms with Crippen molar-refractivity contribution in [2.75, 3.05) is 18.4 Å². The maximum Gasteiger partial charge on any atom is 0.245 e. The first-order valence-corrected chi connectivity index (χ1v) is 12.5. The Kier molecular flexibility index (Phi) is 10.0. The van der Waals surface area contributed by atoms with Crippen LogP contribution < -0.4 is 5.32 Å². The monoisotopic (exact) mass is 478 g/mol. The molecule has 0 fully saturated rings. The highest BCUT2D eigenvalue weighted by Gasteiger charge is 2.19. The van der Waals surface area contributed by atoms with Crippen LogP contribution in [0.1, 0.15) is 58.8 Å². The van der Waals surface area contributed by atoms with Crippen LogP contribution in [0.15, 0.2) is 60.7 Å².